The third-order valence-electron chi connectivity index (χ3n) is 20.4. The SMILES string of the molecule is C=Cc1ccc(Sc2ccc(C3(c4ccc(OCCOCC)cc4)c4ccccc4-c4ccc(N(c5ccccc5)c5ccc(-c6ccc(N(c7ccccc7)c7ccc8c(c7)C(c7ccc(OCCOCC)cc7)(c7ccc(Sc9ccc(C=C)cc9)cc7)c7ccccc7-8)cc6)cc5)cc43)cc2)cc1. The summed E-state index contributed by atoms with van der Waals surface area (Å²) in [5.74, 6) is 1.61. The van der Waals surface area contributed by atoms with E-state index in [2.05, 4.69) is 363 Å². The predicted octanol–water partition coefficient (Wildman–Crippen LogP) is 25.4. The lowest BCUT2D eigenvalue weighted by Crippen LogP contribution is -2.28. The molecule has 0 saturated carbocycles. The molecule has 2 aliphatic carbocycles. The Bertz CT molecular complexity index is 5040. The van der Waals surface area contributed by atoms with Gasteiger partial charge in [0.2, 0.25) is 0 Å². The quantitative estimate of drug-likeness (QED) is 0.0472. The monoisotopic (exact) mass is 1410 g/mol. The van der Waals surface area contributed by atoms with E-state index in [0.29, 0.717) is 39.6 Å². The van der Waals surface area contributed by atoms with Gasteiger partial charge in [-0.2, -0.15) is 0 Å². The van der Waals surface area contributed by atoms with Crippen LogP contribution in [0.2, 0.25) is 0 Å². The Morgan fingerprint density at radius 1 is 0.292 bits per heavy atom. The number of hydrogen-bond donors (Lipinski definition) is 0. The van der Waals surface area contributed by atoms with Crippen molar-refractivity contribution in [2.24, 2.45) is 0 Å². The summed E-state index contributed by atoms with van der Waals surface area (Å²) in [6, 6.07) is 125. The van der Waals surface area contributed by atoms with Crippen LogP contribution >= 0.6 is 23.5 Å². The van der Waals surface area contributed by atoms with Crippen LogP contribution in [0.25, 0.3) is 45.5 Å². The average Bonchev–Trinajstić information content (AvgIpc) is 1.54. The van der Waals surface area contributed by atoms with Crippen LogP contribution in [0.3, 0.4) is 0 Å². The van der Waals surface area contributed by atoms with E-state index >= 15 is 0 Å². The van der Waals surface area contributed by atoms with Crippen molar-refractivity contribution in [3.05, 3.63) is 409 Å². The first-order chi connectivity index (χ1) is 52.3. The standard InChI is InChI=1S/C98H80N2O4S2/c1-5-69-27-53-85(54-28-69)105-87-57-39-75(40-58-87)97(73-35-49-83(50-36-73)103-65-63-101-7-3)93-25-17-15-23-89(93)91-61-47-81(67-95(91)97)99(77-19-11-9-12-20-77)79-43-31-71(32-44-79)72-33-45-80(46-34-72)100(78-21-13-10-14-22-78)82-48-62-92-90-24-16-18-26-94(90)98(96(92)68-82,74-37-51-84(52-38-74)104-66-64-102-8-4)76-41-59-88(60-42-76)106-86-55-29-70(6-2)30-56-86/h5-6,9-62,67-68H,1-2,7-8,63-66H2,3-4H3. The van der Waals surface area contributed by atoms with Crippen molar-refractivity contribution < 1.29 is 18.9 Å². The largest absolute Gasteiger partial charge is 0.491 e. The van der Waals surface area contributed by atoms with E-state index in [1.807, 2.05) is 26.0 Å². The summed E-state index contributed by atoms with van der Waals surface area (Å²) in [4.78, 5) is 9.46. The van der Waals surface area contributed by atoms with E-state index in [0.717, 1.165) is 88.8 Å². The summed E-state index contributed by atoms with van der Waals surface area (Å²) >= 11 is 3.53. The first kappa shape index (κ1) is 68.8. The molecular formula is C98H80N2O4S2. The number of anilines is 6. The van der Waals surface area contributed by atoms with Crippen molar-refractivity contribution >= 4 is 69.8 Å². The lowest BCUT2D eigenvalue weighted by atomic mass is 9.67. The summed E-state index contributed by atoms with van der Waals surface area (Å²) in [6.45, 7) is 15.3. The van der Waals surface area contributed by atoms with Crippen LogP contribution in [0.5, 0.6) is 11.5 Å². The number of para-hydroxylation sites is 2. The van der Waals surface area contributed by atoms with Gasteiger partial charge in [0, 0.05) is 66.9 Å². The normalized spacial score (nSPS) is 14.5. The van der Waals surface area contributed by atoms with Gasteiger partial charge < -0.3 is 28.7 Å². The van der Waals surface area contributed by atoms with Crippen LogP contribution in [-0.4, -0.2) is 39.6 Å². The number of hydrogen-bond acceptors (Lipinski definition) is 8. The minimum absolute atomic E-state index is 0.476. The summed E-state index contributed by atoms with van der Waals surface area (Å²) in [7, 11) is 0. The maximum Gasteiger partial charge on any atom is 0.119 e. The fraction of sp³-hybridized carbons (Fsp3) is 0.102. The maximum absolute atomic E-state index is 6.25. The predicted molar refractivity (Wildman–Crippen MR) is 441 cm³/mol. The fourth-order valence-corrected chi connectivity index (χ4v) is 17.2. The second-order valence-electron chi connectivity index (χ2n) is 26.4. The molecule has 0 N–H and O–H groups in total. The highest BCUT2D eigenvalue weighted by molar-refractivity contribution is 7.99. The molecule has 6 nitrogen and oxygen atoms in total. The molecule has 0 aromatic heterocycles. The zero-order valence-electron chi connectivity index (χ0n) is 59.5. The van der Waals surface area contributed by atoms with E-state index in [1.54, 1.807) is 23.5 Å². The van der Waals surface area contributed by atoms with Gasteiger partial charge in [-0.05, 0) is 248 Å². The smallest absolute Gasteiger partial charge is 0.119 e. The Morgan fingerprint density at radius 2 is 0.594 bits per heavy atom. The number of rotatable bonds is 27. The Balaban J connectivity index is 0.753. The van der Waals surface area contributed by atoms with Crippen LogP contribution in [0, 0.1) is 0 Å². The first-order valence-electron chi connectivity index (χ1n) is 36.4. The van der Waals surface area contributed by atoms with Crippen molar-refractivity contribution in [1.82, 2.24) is 0 Å². The maximum atomic E-state index is 6.25. The number of ether oxygens (including phenoxy) is 4. The van der Waals surface area contributed by atoms with Gasteiger partial charge in [-0.3, -0.25) is 0 Å². The van der Waals surface area contributed by atoms with Crippen molar-refractivity contribution in [1.29, 1.82) is 0 Å². The molecule has 0 fully saturated rings. The fourth-order valence-electron chi connectivity index (χ4n) is 15.5. The van der Waals surface area contributed by atoms with Gasteiger partial charge in [-0.15, -0.1) is 0 Å². The molecule has 0 aliphatic heterocycles. The van der Waals surface area contributed by atoms with Crippen LogP contribution in [0.4, 0.5) is 34.1 Å². The molecule has 0 radical (unpaired) electrons. The van der Waals surface area contributed by atoms with Gasteiger partial charge in [0.15, 0.2) is 0 Å². The van der Waals surface area contributed by atoms with Crippen LogP contribution in [0.1, 0.15) is 69.5 Å². The number of benzene rings is 14. The highest BCUT2D eigenvalue weighted by Crippen LogP contribution is 2.60. The van der Waals surface area contributed by atoms with Gasteiger partial charge in [0.05, 0.1) is 24.0 Å². The van der Waals surface area contributed by atoms with E-state index < -0.39 is 10.8 Å². The molecule has 2 unspecified atom stereocenters. The molecule has 2 aliphatic rings. The Hall–Kier alpha value is -11.6. The summed E-state index contributed by atoms with van der Waals surface area (Å²) in [6.07, 6.45) is 3.77. The van der Waals surface area contributed by atoms with Gasteiger partial charge in [-0.25, -0.2) is 0 Å². The zero-order valence-corrected chi connectivity index (χ0v) is 61.1. The van der Waals surface area contributed by atoms with Crippen LogP contribution in [0.15, 0.2) is 372 Å². The average molecular weight is 1410 g/mol. The lowest BCUT2D eigenvalue weighted by molar-refractivity contribution is 0.110. The lowest BCUT2D eigenvalue weighted by Gasteiger charge is -2.35. The molecule has 106 heavy (non-hydrogen) atoms. The molecule has 518 valence electrons. The van der Waals surface area contributed by atoms with E-state index in [4.69, 9.17) is 18.9 Å². The third-order valence-corrected chi connectivity index (χ3v) is 22.5. The molecule has 8 heteroatoms. The molecule has 2 atom stereocenters. The highest BCUT2D eigenvalue weighted by Gasteiger charge is 2.48. The Morgan fingerprint density at radius 3 is 0.943 bits per heavy atom. The molecule has 14 aromatic rings. The second kappa shape index (κ2) is 31.0. The molecule has 0 amide bonds. The molecule has 0 saturated heterocycles. The van der Waals surface area contributed by atoms with Gasteiger partial charge >= 0.3 is 0 Å². The second-order valence-corrected chi connectivity index (χ2v) is 28.7. The van der Waals surface area contributed by atoms with Gasteiger partial charge in [-0.1, -0.05) is 243 Å². The van der Waals surface area contributed by atoms with Gasteiger partial charge in [0.1, 0.15) is 24.7 Å². The summed E-state index contributed by atoms with van der Waals surface area (Å²) in [5.41, 5.74) is 23.7. The minimum Gasteiger partial charge on any atom is -0.491 e. The van der Waals surface area contributed by atoms with E-state index in [9.17, 15) is 0 Å². The zero-order chi connectivity index (χ0) is 71.8. The van der Waals surface area contributed by atoms with Crippen molar-refractivity contribution in [2.75, 3.05) is 49.4 Å². The topological polar surface area (TPSA) is 43.4 Å². The Labute approximate surface area is 631 Å². The molecule has 0 bridgehead atoms. The third kappa shape index (κ3) is 13.4. The summed E-state index contributed by atoms with van der Waals surface area (Å²) < 4.78 is 23.8. The van der Waals surface area contributed by atoms with Crippen LogP contribution in [-0.2, 0) is 20.3 Å². The van der Waals surface area contributed by atoms with Gasteiger partial charge in [0.25, 0.3) is 0 Å². The van der Waals surface area contributed by atoms with Crippen molar-refractivity contribution in [3.63, 3.8) is 0 Å². The van der Waals surface area contributed by atoms with Crippen molar-refractivity contribution in [2.45, 2.75) is 44.3 Å². The molecule has 16 rings (SSSR count). The molecule has 0 spiro atoms. The molecule has 14 aromatic carbocycles. The van der Waals surface area contributed by atoms with E-state index in [1.165, 1.54) is 65.4 Å². The van der Waals surface area contributed by atoms with E-state index in [-0.39, 0.29) is 0 Å². The number of fused-ring (bicyclic) bond motifs is 6. The highest BCUT2D eigenvalue weighted by atomic mass is 32.2. The molecule has 0 heterocycles. The minimum atomic E-state index is -0.689. The van der Waals surface area contributed by atoms with Crippen LogP contribution < -0.4 is 19.3 Å². The summed E-state index contributed by atoms with van der Waals surface area (Å²) in [5, 5.41) is 0. The van der Waals surface area contributed by atoms with Crippen molar-refractivity contribution in [3.8, 4) is 44.9 Å². The number of nitrogens with zero attached hydrogens (tertiary/aromatic N) is 2. The Kier molecular flexibility index (Phi) is 20.1. The first-order valence-corrected chi connectivity index (χ1v) is 38.0. The molecular weight excluding hydrogens is 1330 g/mol.